The van der Waals surface area contributed by atoms with E-state index < -0.39 is 5.92 Å². The third-order valence-corrected chi connectivity index (χ3v) is 5.22. The summed E-state index contributed by atoms with van der Waals surface area (Å²) < 4.78 is 25.6. The molecule has 2 aliphatic rings. The van der Waals surface area contributed by atoms with Gasteiger partial charge in [-0.05, 0) is 25.8 Å². The van der Waals surface area contributed by atoms with Crippen molar-refractivity contribution in [1.82, 2.24) is 15.5 Å². The number of rotatable bonds is 7. The van der Waals surface area contributed by atoms with Gasteiger partial charge in [-0.1, -0.05) is 20.8 Å². The van der Waals surface area contributed by atoms with Crippen LogP contribution in [0.1, 0.15) is 52.9 Å². The number of likely N-dealkylation sites (tertiary alicyclic amines) is 1. The maximum atomic E-state index is 12.8. The standard InChI is InChI=1S/C18H31F2N3O2/c1-12(2)16(24)21-14-5-8-23(9-6-14)7-4-13(3)17(25)22-15-10-18(19,20)11-15/h12-15H,4-11H2,1-3H3,(H,21,24)(H,22,25). The van der Waals surface area contributed by atoms with Crippen LogP contribution in [0.5, 0.6) is 0 Å². The minimum absolute atomic E-state index is 0.00742. The second-order valence-electron chi connectivity index (χ2n) is 7.94. The molecule has 1 aliphatic carbocycles. The molecule has 2 amide bonds. The Morgan fingerprint density at radius 2 is 1.60 bits per heavy atom. The van der Waals surface area contributed by atoms with Crippen LogP contribution in [0.2, 0.25) is 0 Å². The molecule has 0 radical (unpaired) electrons. The van der Waals surface area contributed by atoms with Crippen molar-refractivity contribution < 1.29 is 18.4 Å². The topological polar surface area (TPSA) is 61.4 Å². The highest BCUT2D eigenvalue weighted by Crippen LogP contribution is 2.37. The summed E-state index contributed by atoms with van der Waals surface area (Å²) in [5.41, 5.74) is 0. The molecule has 0 aromatic heterocycles. The first-order valence-corrected chi connectivity index (χ1v) is 9.37. The molecule has 2 N–H and O–H groups in total. The molecule has 1 aliphatic heterocycles. The minimum atomic E-state index is -2.60. The number of carbonyl (C=O) groups excluding carboxylic acids is 2. The van der Waals surface area contributed by atoms with Crippen molar-refractivity contribution in [2.45, 2.75) is 70.9 Å². The van der Waals surface area contributed by atoms with E-state index in [1.807, 2.05) is 20.8 Å². The van der Waals surface area contributed by atoms with Gasteiger partial charge in [0, 0.05) is 49.9 Å². The SMILES string of the molecule is CC(C)C(=O)NC1CCN(CCC(C)C(=O)NC2CC(F)(F)C2)CC1. The molecule has 0 aromatic rings. The van der Waals surface area contributed by atoms with Crippen molar-refractivity contribution >= 4 is 11.8 Å². The quantitative estimate of drug-likeness (QED) is 0.732. The summed E-state index contributed by atoms with van der Waals surface area (Å²) in [5.74, 6) is -2.79. The second-order valence-corrected chi connectivity index (χ2v) is 7.94. The first kappa shape index (κ1) is 20.1. The van der Waals surface area contributed by atoms with Crippen LogP contribution in [-0.4, -0.2) is 54.4 Å². The van der Waals surface area contributed by atoms with Crippen molar-refractivity contribution in [3.8, 4) is 0 Å². The highest BCUT2D eigenvalue weighted by atomic mass is 19.3. The zero-order valence-electron chi connectivity index (χ0n) is 15.5. The van der Waals surface area contributed by atoms with E-state index in [0.717, 1.165) is 38.9 Å². The maximum absolute atomic E-state index is 12.8. The van der Waals surface area contributed by atoms with Crippen LogP contribution in [0.25, 0.3) is 0 Å². The van der Waals surface area contributed by atoms with Crippen LogP contribution in [0.15, 0.2) is 0 Å². The summed E-state index contributed by atoms with van der Waals surface area (Å²) >= 11 is 0. The third kappa shape index (κ3) is 6.20. The number of carbonyl (C=O) groups is 2. The van der Waals surface area contributed by atoms with Crippen molar-refractivity contribution in [3.05, 3.63) is 0 Å². The van der Waals surface area contributed by atoms with Gasteiger partial charge in [0.05, 0.1) is 0 Å². The number of alkyl halides is 2. The number of piperidine rings is 1. The van der Waals surface area contributed by atoms with Crippen LogP contribution >= 0.6 is 0 Å². The smallest absolute Gasteiger partial charge is 0.252 e. The predicted molar refractivity (Wildman–Crippen MR) is 92.3 cm³/mol. The molecule has 2 fully saturated rings. The average Bonchev–Trinajstić information content (AvgIpc) is 2.51. The fourth-order valence-electron chi connectivity index (χ4n) is 3.28. The Labute approximate surface area is 148 Å². The van der Waals surface area contributed by atoms with Gasteiger partial charge in [0.2, 0.25) is 11.8 Å². The number of hydrogen-bond acceptors (Lipinski definition) is 3. The first-order chi connectivity index (χ1) is 11.7. The van der Waals surface area contributed by atoms with Crippen LogP contribution in [-0.2, 0) is 9.59 Å². The molecule has 144 valence electrons. The molecule has 2 rings (SSSR count). The predicted octanol–water partition coefficient (Wildman–Crippen LogP) is 2.16. The molecule has 7 heteroatoms. The van der Waals surface area contributed by atoms with E-state index in [2.05, 4.69) is 15.5 Å². The second kappa shape index (κ2) is 8.43. The fraction of sp³-hybridized carbons (Fsp3) is 0.889. The lowest BCUT2D eigenvalue weighted by molar-refractivity contribution is -0.132. The molecule has 1 unspecified atom stereocenters. The lowest BCUT2D eigenvalue weighted by Gasteiger charge is -2.36. The molecular formula is C18H31F2N3O2. The monoisotopic (exact) mass is 359 g/mol. The van der Waals surface area contributed by atoms with Crippen LogP contribution < -0.4 is 10.6 Å². The van der Waals surface area contributed by atoms with Crippen LogP contribution in [0.3, 0.4) is 0 Å². The summed E-state index contributed by atoms with van der Waals surface area (Å²) in [6.07, 6.45) is 2.10. The zero-order valence-corrected chi connectivity index (χ0v) is 15.5. The van der Waals surface area contributed by atoms with Crippen molar-refractivity contribution in [2.75, 3.05) is 19.6 Å². The Morgan fingerprint density at radius 3 is 2.12 bits per heavy atom. The number of amides is 2. The first-order valence-electron chi connectivity index (χ1n) is 9.37. The van der Waals surface area contributed by atoms with Crippen molar-refractivity contribution in [1.29, 1.82) is 0 Å². The van der Waals surface area contributed by atoms with Crippen molar-refractivity contribution in [2.24, 2.45) is 11.8 Å². The average molecular weight is 359 g/mol. The largest absolute Gasteiger partial charge is 0.353 e. The molecule has 1 heterocycles. The Balaban J connectivity index is 1.60. The highest BCUT2D eigenvalue weighted by molar-refractivity contribution is 5.78. The van der Waals surface area contributed by atoms with Gasteiger partial charge in [0.15, 0.2) is 0 Å². The molecular weight excluding hydrogens is 328 g/mol. The summed E-state index contributed by atoms with van der Waals surface area (Å²) in [4.78, 5) is 26.1. The summed E-state index contributed by atoms with van der Waals surface area (Å²) in [7, 11) is 0. The summed E-state index contributed by atoms with van der Waals surface area (Å²) in [6.45, 7) is 8.27. The van der Waals surface area contributed by atoms with Crippen molar-refractivity contribution in [3.63, 3.8) is 0 Å². The van der Waals surface area contributed by atoms with E-state index in [9.17, 15) is 18.4 Å². The number of nitrogens with zero attached hydrogens (tertiary/aromatic N) is 1. The van der Waals surface area contributed by atoms with Gasteiger partial charge in [-0.2, -0.15) is 0 Å². The number of hydrogen-bond donors (Lipinski definition) is 2. The van der Waals surface area contributed by atoms with E-state index in [-0.39, 0.29) is 48.6 Å². The Kier molecular flexibility index (Phi) is 6.77. The van der Waals surface area contributed by atoms with Gasteiger partial charge >= 0.3 is 0 Å². The normalized spacial score (nSPS) is 23.1. The van der Waals surface area contributed by atoms with E-state index in [1.54, 1.807) is 0 Å². The maximum Gasteiger partial charge on any atom is 0.252 e. The van der Waals surface area contributed by atoms with Gasteiger partial charge in [-0.3, -0.25) is 9.59 Å². The Hall–Kier alpha value is -1.24. The molecule has 25 heavy (non-hydrogen) atoms. The van der Waals surface area contributed by atoms with Gasteiger partial charge in [0.1, 0.15) is 0 Å². The number of halogens is 2. The van der Waals surface area contributed by atoms with Crippen LogP contribution in [0.4, 0.5) is 8.78 Å². The summed E-state index contributed by atoms with van der Waals surface area (Å²) in [6, 6.07) is -0.127. The molecule has 0 bridgehead atoms. The molecule has 1 saturated heterocycles. The Morgan fingerprint density at radius 1 is 1.04 bits per heavy atom. The van der Waals surface area contributed by atoms with Gasteiger partial charge in [-0.15, -0.1) is 0 Å². The van der Waals surface area contributed by atoms with E-state index in [1.165, 1.54) is 0 Å². The zero-order chi connectivity index (χ0) is 18.6. The number of nitrogens with one attached hydrogen (secondary N) is 2. The summed E-state index contributed by atoms with van der Waals surface area (Å²) in [5, 5.41) is 5.79. The lowest BCUT2D eigenvalue weighted by atomic mass is 9.87. The minimum Gasteiger partial charge on any atom is -0.353 e. The highest BCUT2D eigenvalue weighted by Gasteiger charge is 2.46. The molecule has 1 atom stereocenters. The molecule has 0 aromatic carbocycles. The van der Waals surface area contributed by atoms with E-state index >= 15 is 0 Å². The molecule has 5 nitrogen and oxygen atoms in total. The van der Waals surface area contributed by atoms with E-state index in [0.29, 0.717) is 0 Å². The Bertz CT molecular complexity index is 469. The van der Waals surface area contributed by atoms with Gasteiger partial charge < -0.3 is 15.5 Å². The fourth-order valence-corrected chi connectivity index (χ4v) is 3.28. The van der Waals surface area contributed by atoms with Gasteiger partial charge in [0.25, 0.3) is 5.92 Å². The molecule has 0 spiro atoms. The van der Waals surface area contributed by atoms with Crippen LogP contribution in [0, 0.1) is 11.8 Å². The third-order valence-electron chi connectivity index (χ3n) is 5.22. The van der Waals surface area contributed by atoms with Gasteiger partial charge in [-0.25, -0.2) is 8.78 Å². The van der Waals surface area contributed by atoms with E-state index in [4.69, 9.17) is 0 Å². The molecule has 1 saturated carbocycles. The lowest BCUT2D eigenvalue weighted by Crippen LogP contribution is -2.52.